The van der Waals surface area contributed by atoms with Crippen molar-refractivity contribution in [3.05, 3.63) is 41.5 Å². The highest BCUT2D eigenvalue weighted by Gasteiger charge is 2.48. The summed E-state index contributed by atoms with van der Waals surface area (Å²) < 4.78 is 0. The SMILES string of the molecule is CC1=CC[C@@H]2C(=O)N(c3cccc(C(=O)N4CCC(C)CC4)c3)C(=O)[C@H]2C1. The van der Waals surface area contributed by atoms with Gasteiger partial charge in [-0.1, -0.05) is 24.6 Å². The molecule has 2 fully saturated rings. The number of fused-ring (bicyclic) bond motifs is 1. The molecule has 27 heavy (non-hydrogen) atoms. The highest BCUT2D eigenvalue weighted by molar-refractivity contribution is 6.22. The number of likely N-dealkylation sites (tertiary alicyclic amines) is 1. The fourth-order valence-electron chi connectivity index (χ4n) is 4.46. The Kier molecular flexibility index (Phi) is 4.62. The summed E-state index contributed by atoms with van der Waals surface area (Å²) >= 11 is 0. The van der Waals surface area contributed by atoms with E-state index in [1.165, 1.54) is 10.5 Å². The number of benzene rings is 1. The van der Waals surface area contributed by atoms with Crippen molar-refractivity contribution in [2.75, 3.05) is 18.0 Å². The van der Waals surface area contributed by atoms with Crippen LogP contribution in [0.1, 0.15) is 49.9 Å². The van der Waals surface area contributed by atoms with Crippen LogP contribution in [-0.4, -0.2) is 35.7 Å². The van der Waals surface area contributed by atoms with Crippen molar-refractivity contribution in [1.29, 1.82) is 0 Å². The Balaban J connectivity index is 1.57. The van der Waals surface area contributed by atoms with Crippen molar-refractivity contribution < 1.29 is 14.4 Å². The van der Waals surface area contributed by atoms with E-state index < -0.39 is 0 Å². The Hall–Kier alpha value is -2.43. The monoisotopic (exact) mass is 366 g/mol. The number of hydrogen-bond donors (Lipinski definition) is 0. The molecule has 2 saturated heterocycles. The summed E-state index contributed by atoms with van der Waals surface area (Å²) in [6.07, 6.45) is 5.38. The van der Waals surface area contributed by atoms with E-state index >= 15 is 0 Å². The van der Waals surface area contributed by atoms with Crippen LogP contribution in [0, 0.1) is 17.8 Å². The number of allylic oxidation sites excluding steroid dienone is 2. The van der Waals surface area contributed by atoms with Crippen LogP contribution in [0.5, 0.6) is 0 Å². The van der Waals surface area contributed by atoms with E-state index in [1.54, 1.807) is 24.3 Å². The molecule has 5 heteroatoms. The molecule has 1 aromatic rings. The number of piperidine rings is 1. The highest BCUT2D eigenvalue weighted by atomic mass is 16.2. The minimum absolute atomic E-state index is 0.0160. The molecule has 0 unspecified atom stereocenters. The van der Waals surface area contributed by atoms with Gasteiger partial charge >= 0.3 is 0 Å². The van der Waals surface area contributed by atoms with Gasteiger partial charge in [-0.25, -0.2) is 0 Å². The smallest absolute Gasteiger partial charge is 0.253 e. The van der Waals surface area contributed by atoms with E-state index in [9.17, 15) is 14.4 Å². The highest BCUT2D eigenvalue weighted by Crippen LogP contribution is 2.39. The van der Waals surface area contributed by atoms with Crippen molar-refractivity contribution >= 4 is 23.4 Å². The van der Waals surface area contributed by atoms with Gasteiger partial charge in [0.2, 0.25) is 11.8 Å². The van der Waals surface area contributed by atoms with Gasteiger partial charge in [0.05, 0.1) is 17.5 Å². The standard InChI is InChI=1S/C22H26N2O3/c1-14-8-10-23(11-9-14)20(25)16-4-3-5-17(13-16)24-21(26)18-7-6-15(2)12-19(18)22(24)27/h3-6,13-14,18-19H,7-12H2,1-2H3/t18-,19-/m0/s1. The van der Waals surface area contributed by atoms with Crippen LogP contribution < -0.4 is 4.90 Å². The largest absolute Gasteiger partial charge is 0.339 e. The lowest BCUT2D eigenvalue weighted by Gasteiger charge is -2.30. The summed E-state index contributed by atoms with van der Waals surface area (Å²) in [6.45, 7) is 5.75. The molecule has 0 spiro atoms. The molecule has 1 aliphatic carbocycles. The molecule has 2 aliphatic heterocycles. The van der Waals surface area contributed by atoms with Gasteiger partial charge in [-0.3, -0.25) is 19.3 Å². The predicted octanol–water partition coefficient (Wildman–Crippen LogP) is 3.40. The van der Waals surface area contributed by atoms with Crippen LogP contribution in [0.4, 0.5) is 5.69 Å². The zero-order valence-electron chi connectivity index (χ0n) is 16.0. The summed E-state index contributed by atoms with van der Waals surface area (Å²) in [4.78, 5) is 41.8. The van der Waals surface area contributed by atoms with Crippen molar-refractivity contribution in [1.82, 2.24) is 4.90 Å². The summed E-state index contributed by atoms with van der Waals surface area (Å²) in [6, 6.07) is 6.99. The average Bonchev–Trinajstić information content (AvgIpc) is 2.92. The first-order chi connectivity index (χ1) is 13.0. The lowest BCUT2D eigenvalue weighted by atomic mass is 9.82. The van der Waals surface area contributed by atoms with Crippen LogP contribution >= 0.6 is 0 Å². The number of nitrogens with zero attached hydrogens (tertiary/aromatic N) is 2. The molecule has 142 valence electrons. The zero-order chi connectivity index (χ0) is 19.1. The van der Waals surface area contributed by atoms with Gasteiger partial charge in [0.1, 0.15) is 0 Å². The van der Waals surface area contributed by atoms with Crippen LogP contribution in [0.2, 0.25) is 0 Å². The summed E-state index contributed by atoms with van der Waals surface area (Å²) in [5.41, 5.74) is 2.24. The average molecular weight is 366 g/mol. The Labute approximate surface area is 160 Å². The van der Waals surface area contributed by atoms with Gasteiger partial charge in [0, 0.05) is 18.7 Å². The fraction of sp³-hybridized carbons (Fsp3) is 0.500. The van der Waals surface area contributed by atoms with Gasteiger partial charge < -0.3 is 4.90 Å². The quantitative estimate of drug-likeness (QED) is 0.595. The number of hydrogen-bond acceptors (Lipinski definition) is 3. The molecular weight excluding hydrogens is 340 g/mol. The molecule has 2 heterocycles. The van der Waals surface area contributed by atoms with Crippen molar-refractivity contribution in [2.24, 2.45) is 17.8 Å². The molecule has 2 atom stereocenters. The van der Waals surface area contributed by atoms with Gasteiger partial charge in [0.25, 0.3) is 5.91 Å². The first-order valence-corrected chi connectivity index (χ1v) is 9.88. The molecule has 0 aromatic heterocycles. The maximum atomic E-state index is 12.9. The third-order valence-corrected chi connectivity index (χ3v) is 6.25. The van der Waals surface area contributed by atoms with Gasteiger partial charge in [-0.05, 0) is 56.7 Å². The number of anilines is 1. The number of imide groups is 1. The van der Waals surface area contributed by atoms with Gasteiger partial charge in [-0.15, -0.1) is 0 Å². The van der Waals surface area contributed by atoms with E-state index in [4.69, 9.17) is 0 Å². The third kappa shape index (κ3) is 3.20. The second-order valence-corrected chi connectivity index (χ2v) is 8.24. The number of amides is 3. The second kappa shape index (κ2) is 6.95. The summed E-state index contributed by atoms with van der Waals surface area (Å²) in [7, 11) is 0. The van der Waals surface area contributed by atoms with Crippen LogP contribution in [0.25, 0.3) is 0 Å². The second-order valence-electron chi connectivity index (χ2n) is 8.24. The molecule has 0 radical (unpaired) electrons. The maximum absolute atomic E-state index is 12.9. The van der Waals surface area contributed by atoms with E-state index in [2.05, 4.69) is 13.0 Å². The first-order valence-electron chi connectivity index (χ1n) is 9.88. The minimum atomic E-state index is -0.260. The van der Waals surface area contributed by atoms with E-state index in [1.807, 2.05) is 11.8 Å². The topological polar surface area (TPSA) is 57.7 Å². The van der Waals surface area contributed by atoms with E-state index in [0.29, 0.717) is 30.0 Å². The first kappa shape index (κ1) is 18.0. The molecular formula is C22H26N2O3. The van der Waals surface area contributed by atoms with E-state index in [0.717, 1.165) is 25.9 Å². The summed E-state index contributed by atoms with van der Waals surface area (Å²) in [5.74, 6) is -0.146. The van der Waals surface area contributed by atoms with Gasteiger partial charge in [0.15, 0.2) is 0 Å². The molecule has 0 saturated carbocycles. The molecule has 5 nitrogen and oxygen atoms in total. The molecule has 4 rings (SSSR count). The van der Waals surface area contributed by atoms with Gasteiger partial charge in [-0.2, -0.15) is 0 Å². The maximum Gasteiger partial charge on any atom is 0.253 e. The molecule has 1 aromatic carbocycles. The Morgan fingerprint density at radius 1 is 1.07 bits per heavy atom. The molecule has 3 aliphatic rings. The van der Waals surface area contributed by atoms with E-state index in [-0.39, 0.29) is 29.6 Å². The lowest BCUT2D eigenvalue weighted by molar-refractivity contribution is -0.122. The fourth-order valence-corrected chi connectivity index (χ4v) is 4.46. The number of carbonyl (C=O) groups is 3. The molecule has 0 N–H and O–H groups in total. The number of rotatable bonds is 2. The molecule has 3 amide bonds. The molecule has 0 bridgehead atoms. The van der Waals surface area contributed by atoms with Crippen molar-refractivity contribution in [2.45, 2.75) is 39.5 Å². The van der Waals surface area contributed by atoms with Crippen molar-refractivity contribution in [3.63, 3.8) is 0 Å². The normalized spacial score (nSPS) is 26.2. The van der Waals surface area contributed by atoms with Crippen molar-refractivity contribution in [3.8, 4) is 0 Å². The lowest BCUT2D eigenvalue weighted by Crippen LogP contribution is -2.38. The zero-order valence-corrected chi connectivity index (χ0v) is 16.0. The van der Waals surface area contributed by atoms with Crippen LogP contribution in [-0.2, 0) is 9.59 Å². The van der Waals surface area contributed by atoms with Crippen LogP contribution in [0.15, 0.2) is 35.9 Å². The number of carbonyl (C=O) groups excluding carboxylic acids is 3. The third-order valence-electron chi connectivity index (χ3n) is 6.25. The predicted molar refractivity (Wildman–Crippen MR) is 103 cm³/mol. The summed E-state index contributed by atoms with van der Waals surface area (Å²) in [5, 5.41) is 0. The van der Waals surface area contributed by atoms with Crippen LogP contribution in [0.3, 0.4) is 0 Å². The Morgan fingerprint density at radius 3 is 2.52 bits per heavy atom. The Morgan fingerprint density at radius 2 is 1.78 bits per heavy atom. The minimum Gasteiger partial charge on any atom is -0.339 e. The Bertz CT molecular complexity index is 821.